The Labute approximate surface area is 144 Å². The highest BCUT2D eigenvalue weighted by Gasteiger charge is 2.06. The van der Waals surface area contributed by atoms with E-state index < -0.39 is 0 Å². The van der Waals surface area contributed by atoms with Gasteiger partial charge in [-0.15, -0.1) is 0 Å². The summed E-state index contributed by atoms with van der Waals surface area (Å²) < 4.78 is 0. The number of carbonyl (C=O) groups is 2. The van der Waals surface area contributed by atoms with Crippen LogP contribution in [0.15, 0.2) is 48.5 Å². The summed E-state index contributed by atoms with van der Waals surface area (Å²) in [7, 11) is 1.53. The van der Waals surface area contributed by atoms with E-state index >= 15 is 0 Å². The molecule has 0 fully saturated rings. The van der Waals surface area contributed by atoms with Crippen LogP contribution < -0.4 is 10.6 Å². The van der Waals surface area contributed by atoms with Gasteiger partial charge >= 0.3 is 0 Å². The van der Waals surface area contributed by atoms with Gasteiger partial charge in [-0.1, -0.05) is 36.4 Å². The molecule has 126 valence electrons. The summed E-state index contributed by atoms with van der Waals surface area (Å²) in [6.07, 6.45) is 3.87. The Morgan fingerprint density at radius 1 is 1.08 bits per heavy atom. The van der Waals surface area contributed by atoms with Crippen molar-refractivity contribution in [3.05, 3.63) is 65.4 Å². The van der Waals surface area contributed by atoms with Gasteiger partial charge in [-0.05, 0) is 29.8 Å². The molecule has 0 bridgehead atoms. The number of benzene rings is 2. The van der Waals surface area contributed by atoms with Crippen molar-refractivity contribution in [3.8, 4) is 0 Å². The number of amides is 2. The van der Waals surface area contributed by atoms with E-state index in [1.807, 2.05) is 48.6 Å². The van der Waals surface area contributed by atoms with E-state index in [0.717, 1.165) is 22.2 Å². The fraction of sp³-hybridized carbons (Fsp3) is 0.105. The van der Waals surface area contributed by atoms with Gasteiger partial charge in [-0.2, -0.15) is 5.10 Å². The topological polar surface area (TPSA) is 86.9 Å². The number of aromatic nitrogens is 2. The number of rotatable bonds is 5. The van der Waals surface area contributed by atoms with Gasteiger partial charge in [-0.3, -0.25) is 14.7 Å². The fourth-order valence-corrected chi connectivity index (χ4v) is 2.38. The maximum absolute atomic E-state index is 11.9. The van der Waals surface area contributed by atoms with E-state index in [1.54, 1.807) is 12.1 Å². The molecular weight excluding hydrogens is 316 g/mol. The molecule has 3 rings (SSSR count). The molecule has 1 heterocycles. The van der Waals surface area contributed by atoms with E-state index in [4.69, 9.17) is 0 Å². The highest BCUT2D eigenvalue weighted by atomic mass is 16.2. The van der Waals surface area contributed by atoms with Crippen LogP contribution in [0.3, 0.4) is 0 Å². The summed E-state index contributed by atoms with van der Waals surface area (Å²) in [6, 6.07) is 15.1. The first-order valence-electron chi connectivity index (χ1n) is 7.87. The van der Waals surface area contributed by atoms with Crippen molar-refractivity contribution in [1.29, 1.82) is 0 Å². The first kappa shape index (κ1) is 16.4. The molecule has 25 heavy (non-hydrogen) atoms. The quantitative estimate of drug-likeness (QED) is 0.668. The molecule has 0 radical (unpaired) electrons. The Morgan fingerprint density at radius 2 is 1.84 bits per heavy atom. The number of nitrogens with zero attached hydrogens (tertiary/aromatic N) is 1. The molecule has 0 aliphatic heterocycles. The Morgan fingerprint density at radius 3 is 2.60 bits per heavy atom. The SMILES string of the molecule is CNC(=O)CNC(=O)c1ccc(/C=C/c2n[nH]c3ccccc23)cc1. The number of aromatic amines is 1. The lowest BCUT2D eigenvalue weighted by Crippen LogP contribution is -2.35. The zero-order valence-corrected chi connectivity index (χ0v) is 13.7. The summed E-state index contributed by atoms with van der Waals surface area (Å²) >= 11 is 0. The number of likely N-dealkylation sites (N-methyl/N-ethyl adjacent to an activating group) is 1. The third-order valence-corrected chi connectivity index (χ3v) is 3.79. The van der Waals surface area contributed by atoms with Crippen molar-refractivity contribution in [3.63, 3.8) is 0 Å². The minimum absolute atomic E-state index is 0.0385. The van der Waals surface area contributed by atoms with Crippen LogP contribution in [-0.2, 0) is 4.79 Å². The van der Waals surface area contributed by atoms with Crippen molar-refractivity contribution in [1.82, 2.24) is 20.8 Å². The molecule has 3 N–H and O–H groups in total. The van der Waals surface area contributed by atoms with Crippen LogP contribution in [0.4, 0.5) is 0 Å². The summed E-state index contributed by atoms with van der Waals surface area (Å²) in [5.41, 5.74) is 3.31. The van der Waals surface area contributed by atoms with Crippen LogP contribution in [0.5, 0.6) is 0 Å². The molecule has 3 aromatic rings. The monoisotopic (exact) mass is 334 g/mol. The van der Waals surface area contributed by atoms with Crippen LogP contribution in [0.25, 0.3) is 23.1 Å². The number of para-hydroxylation sites is 1. The summed E-state index contributed by atoms with van der Waals surface area (Å²) in [6.45, 7) is -0.0385. The van der Waals surface area contributed by atoms with Gasteiger partial charge in [0.2, 0.25) is 5.91 Å². The lowest BCUT2D eigenvalue weighted by molar-refractivity contribution is -0.119. The van der Waals surface area contributed by atoms with Crippen LogP contribution in [-0.4, -0.2) is 35.6 Å². The smallest absolute Gasteiger partial charge is 0.251 e. The molecule has 0 aliphatic carbocycles. The van der Waals surface area contributed by atoms with Crippen molar-refractivity contribution in [2.75, 3.05) is 13.6 Å². The van der Waals surface area contributed by atoms with E-state index in [-0.39, 0.29) is 18.4 Å². The van der Waals surface area contributed by atoms with Gasteiger partial charge < -0.3 is 10.6 Å². The van der Waals surface area contributed by atoms with Gasteiger partial charge in [0.25, 0.3) is 5.91 Å². The van der Waals surface area contributed by atoms with E-state index in [9.17, 15) is 9.59 Å². The van der Waals surface area contributed by atoms with Gasteiger partial charge in [-0.25, -0.2) is 0 Å². The number of hydrogen-bond acceptors (Lipinski definition) is 3. The second-order valence-electron chi connectivity index (χ2n) is 5.47. The van der Waals surface area contributed by atoms with Gasteiger partial charge in [0.1, 0.15) is 0 Å². The Kier molecular flexibility index (Phi) is 4.89. The Bertz CT molecular complexity index is 926. The molecule has 0 saturated heterocycles. The van der Waals surface area contributed by atoms with E-state index in [2.05, 4.69) is 20.8 Å². The highest BCUT2D eigenvalue weighted by molar-refractivity contribution is 5.96. The standard InChI is InChI=1S/C19H18N4O2/c1-20-18(24)12-21-19(25)14-9-6-13(7-10-14)8-11-17-15-4-2-3-5-16(15)22-23-17/h2-11H,12H2,1H3,(H,20,24)(H,21,25)(H,22,23)/b11-8+. The predicted octanol–water partition coefficient (Wildman–Crippen LogP) is 2.21. The molecule has 6 heteroatoms. The first-order chi connectivity index (χ1) is 12.2. The maximum atomic E-state index is 11.9. The molecule has 2 aromatic carbocycles. The number of H-pyrrole nitrogens is 1. The normalized spacial score (nSPS) is 10.9. The number of nitrogens with one attached hydrogen (secondary N) is 3. The average Bonchev–Trinajstić information content (AvgIpc) is 3.07. The maximum Gasteiger partial charge on any atom is 0.251 e. The number of fused-ring (bicyclic) bond motifs is 1. The van der Waals surface area contributed by atoms with Crippen LogP contribution >= 0.6 is 0 Å². The average molecular weight is 334 g/mol. The lowest BCUT2D eigenvalue weighted by atomic mass is 10.1. The molecule has 2 amide bonds. The molecule has 0 saturated carbocycles. The van der Waals surface area contributed by atoms with Crippen LogP contribution in [0, 0.1) is 0 Å². The molecule has 6 nitrogen and oxygen atoms in total. The van der Waals surface area contributed by atoms with Crippen molar-refractivity contribution < 1.29 is 9.59 Å². The highest BCUT2D eigenvalue weighted by Crippen LogP contribution is 2.17. The molecule has 0 spiro atoms. The molecular formula is C19H18N4O2. The minimum Gasteiger partial charge on any atom is -0.358 e. The Balaban J connectivity index is 1.68. The molecule has 0 unspecified atom stereocenters. The predicted molar refractivity (Wildman–Crippen MR) is 97.9 cm³/mol. The van der Waals surface area contributed by atoms with Crippen molar-refractivity contribution >= 4 is 34.9 Å². The fourth-order valence-electron chi connectivity index (χ4n) is 2.38. The Hall–Kier alpha value is -3.41. The zero-order chi connectivity index (χ0) is 17.6. The third kappa shape index (κ3) is 3.92. The van der Waals surface area contributed by atoms with Gasteiger partial charge in [0.15, 0.2) is 0 Å². The van der Waals surface area contributed by atoms with Crippen molar-refractivity contribution in [2.24, 2.45) is 0 Å². The van der Waals surface area contributed by atoms with Crippen molar-refractivity contribution in [2.45, 2.75) is 0 Å². The lowest BCUT2D eigenvalue weighted by Gasteiger charge is -2.04. The van der Waals surface area contributed by atoms with E-state index in [1.165, 1.54) is 7.05 Å². The largest absolute Gasteiger partial charge is 0.358 e. The molecule has 1 aromatic heterocycles. The van der Waals surface area contributed by atoms with Crippen LogP contribution in [0.2, 0.25) is 0 Å². The van der Waals surface area contributed by atoms with Crippen LogP contribution in [0.1, 0.15) is 21.6 Å². The second kappa shape index (κ2) is 7.44. The summed E-state index contributed by atoms with van der Waals surface area (Å²) in [4.78, 5) is 23.1. The summed E-state index contributed by atoms with van der Waals surface area (Å²) in [5.74, 6) is -0.517. The van der Waals surface area contributed by atoms with E-state index in [0.29, 0.717) is 5.56 Å². The first-order valence-corrected chi connectivity index (χ1v) is 7.87. The third-order valence-electron chi connectivity index (χ3n) is 3.79. The molecule has 0 atom stereocenters. The molecule has 0 aliphatic rings. The number of carbonyl (C=O) groups excluding carboxylic acids is 2. The van der Waals surface area contributed by atoms with Gasteiger partial charge in [0, 0.05) is 18.0 Å². The summed E-state index contributed by atoms with van der Waals surface area (Å²) in [5, 5.41) is 13.4. The minimum atomic E-state index is -0.280. The second-order valence-corrected chi connectivity index (χ2v) is 5.47. The zero-order valence-electron chi connectivity index (χ0n) is 13.7. The van der Waals surface area contributed by atoms with Gasteiger partial charge in [0.05, 0.1) is 17.8 Å². The number of hydrogen-bond donors (Lipinski definition) is 3.